The summed E-state index contributed by atoms with van der Waals surface area (Å²) in [5.74, 6) is 0.0579. The van der Waals surface area contributed by atoms with E-state index in [0.29, 0.717) is 19.5 Å². The minimum Gasteiger partial charge on any atom is -0.326 e. The van der Waals surface area contributed by atoms with Gasteiger partial charge in [-0.15, -0.1) is 0 Å². The average molecular weight is 243 g/mol. The topological polar surface area (TPSA) is 70.1 Å². The van der Waals surface area contributed by atoms with Crippen molar-refractivity contribution in [3.05, 3.63) is 29.3 Å². The highest BCUT2D eigenvalue weighted by Crippen LogP contribution is 2.32. The van der Waals surface area contributed by atoms with Crippen molar-refractivity contribution < 1.29 is 4.79 Å². The van der Waals surface area contributed by atoms with Gasteiger partial charge in [-0.1, -0.05) is 12.1 Å². The van der Waals surface area contributed by atoms with E-state index in [0.717, 1.165) is 16.8 Å². The third kappa shape index (κ3) is 2.22. The van der Waals surface area contributed by atoms with Gasteiger partial charge >= 0.3 is 0 Å². The van der Waals surface area contributed by atoms with Crippen molar-refractivity contribution in [3.63, 3.8) is 0 Å². The van der Waals surface area contributed by atoms with Crippen molar-refractivity contribution in [3.8, 4) is 6.07 Å². The maximum absolute atomic E-state index is 12.0. The van der Waals surface area contributed by atoms with Crippen molar-refractivity contribution >= 4 is 11.6 Å². The van der Waals surface area contributed by atoms with Crippen LogP contribution in [-0.4, -0.2) is 12.5 Å². The van der Waals surface area contributed by atoms with Gasteiger partial charge in [0.25, 0.3) is 0 Å². The Morgan fingerprint density at radius 2 is 2.22 bits per heavy atom. The van der Waals surface area contributed by atoms with Crippen LogP contribution in [0.25, 0.3) is 0 Å². The molecule has 0 bridgehead atoms. The van der Waals surface area contributed by atoms with Crippen LogP contribution in [0.4, 0.5) is 5.69 Å². The number of nitriles is 1. The molecule has 1 aliphatic rings. The summed E-state index contributed by atoms with van der Waals surface area (Å²) in [6.07, 6.45) is 0.407. The van der Waals surface area contributed by atoms with Gasteiger partial charge in [-0.25, -0.2) is 0 Å². The van der Waals surface area contributed by atoms with E-state index in [1.165, 1.54) is 0 Å². The molecule has 4 heteroatoms. The summed E-state index contributed by atoms with van der Waals surface area (Å²) < 4.78 is 0. The van der Waals surface area contributed by atoms with Crippen molar-refractivity contribution in [2.75, 3.05) is 11.4 Å². The Morgan fingerprint density at radius 1 is 1.50 bits per heavy atom. The lowest BCUT2D eigenvalue weighted by Crippen LogP contribution is -2.35. The van der Waals surface area contributed by atoms with Crippen molar-refractivity contribution in [1.82, 2.24) is 0 Å². The number of anilines is 1. The van der Waals surface area contributed by atoms with Crippen LogP contribution in [0.3, 0.4) is 0 Å². The molecule has 4 nitrogen and oxygen atoms in total. The van der Waals surface area contributed by atoms with Crippen LogP contribution in [0, 0.1) is 16.7 Å². The number of hydrogen-bond donors (Lipinski definition) is 1. The molecule has 0 atom stereocenters. The summed E-state index contributed by atoms with van der Waals surface area (Å²) in [7, 11) is 0. The highest BCUT2D eigenvalue weighted by Gasteiger charge is 2.32. The first-order chi connectivity index (χ1) is 8.46. The minimum absolute atomic E-state index is 0.0579. The average Bonchev–Trinajstić information content (AvgIpc) is 2.64. The molecule has 0 saturated heterocycles. The molecule has 1 aromatic carbocycles. The van der Waals surface area contributed by atoms with Crippen molar-refractivity contribution in [1.29, 1.82) is 5.26 Å². The number of hydrogen-bond acceptors (Lipinski definition) is 3. The van der Waals surface area contributed by atoms with Gasteiger partial charge in [0.1, 0.15) is 0 Å². The lowest BCUT2D eigenvalue weighted by Gasteiger charge is -2.24. The van der Waals surface area contributed by atoms with Crippen LogP contribution in [0.5, 0.6) is 0 Å². The van der Waals surface area contributed by atoms with Crippen molar-refractivity contribution in [2.24, 2.45) is 11.1 Å². The molecule has 0 fully saturated rings. The molecule has 2 rings (SSSR count). The van der Waals surface area contributed by atoms with Crippen molar-refractivity contribution in [2.45, 2.75) is 26.8 Å². The third-order valence-electron chi connectivity index (χ3n) is 3.17. The number of nitrogens with zero attached hydrogens (tertiary/aromatic N) is 2. The Balaban J connectivity index is 2.32. The Hall–Kier alpha value is -1.86. The van der Waals surface area contributed by atoms with Gasteiger partial charge in [0.15, 0.2) is 0 Å². The summed E-state index contributed by atoms with van der Waals surface area (Å²) in [5.41, 5.74) is 8.02. The number of amides is 1. The van der Waals surface area contributed by atoms with Gasteiger partial charge in [0.05, 0.1) is 17.9 Å². The molecule has 0 saturated carbocycles. The molecule has 1 aromatic rings. The Kier molecular flexibility index (Phi) is 3.10. The zero-order valence-corrected chi connectivity index (χ0v) is 10.7. The Morgan fingerprint density at radius 3 is 2.83 bits per heavy atom. The zero-order chi connectivity index (χ0) is 13.3. The number of carbonyl (C=O) groups is 1. The van der Waals surface area contributed by atoms with E-state index in [9.17, 15) is 4.79 Å². The van der Waals surface area contributed by atoms with E-state index >= 15 is 0 Å². The lowest BCUT2D eigenvalue weighted by molar-refractivity contribution is -0.117. The molecule has 94 valence electrons. The van der Waals surface area contributed by atoms with Gasteiger partial charge in [-0.3, -0.25) is 4.79 Å². The van der Waals surface area contributed by atoms with Crippen LogP contribution in [0.2, 0.25) is 0 Å². The van der Waals surface area contributed by atoms with Gasteiger partial charge in [0, 0.05) is 18.8 Å². The van der Waals surface area contributed by atoms with Crippen LogP contribution >= 0.6 is 0 Å². The van der Waals surface area contributed by atoms with E-state index in [1.54, 1.807) is 4.90 Å². The normalized spacial score (nSPS) is 14.6. The van der Waals surface area contributed by atoms with Crippen LogP contribution in [0.15, 0.2) is 18.2 Å². The first kappa shape index (κ1) is 12.6. The van der Waals surface area contributed by atoms with E-state index in [-0.39, 0.29) is 5.91 Å². The number of carbonyl (C=O) groups excluding carboxylic acids is 1. The molecule has 0 unspecified atom stereocenters. The van der Waals surface area contributed by atoms with E-state index < -0.39 is 5.41 Å². The molecule has 18 heavy (non-hydrogen) atoms. The first-order valence-electron chi connectivity index (χ1n) is 6.00. The summed E-state index contributed by atoms with van der Waals surface area (Å²) in [6.45, 7) is 4.58. The van der Waals surface area contributed by atoms with E-state index in [2.05, 4.69) is 6.07 Å². The molecule has 0 radical (unpaired) electrons. The second kappa shape index (κ2) is 4.43. The fourth-order valence-corrected chi connectivity index (χ4v) is 2.17. The second-order valence-electron chi connectivity index (χ2n) is 5.32. The minimum atomic E-state index is -0.538. The second-order valence-corrected chi connectivity index (χ2v) is 5.32. The maximum Gasteiger partial charge on any atom is 0.231 e. The molecule has 2 N–H and O–H groups in total. The first-order valence-corrected chi connectivity index (χ1v) is 6.00. The summed E-state index contributed by atoms with van der Waals surface area (Å²) >= 11 is 0. The fourth-order valence-electron chi connectivity index (χ4n) is 2.17. The maximum atomic E-state index is 12.0. The number of rotatable bonds is 3. The van der Waals surface area contributed by atoms with Gasteiger partial charge in [0.2, 0.25) is 5.91 Å². The molecule has 1 amide bonds. The zero-order valence-electron chi connectivity index (χ0n) is 10.7. The molecule has 0 spiro atoms. The molecular formula is C14H17N3O. The van der Waals surface area contributed by atoms with Crippen LogP contribution < -0.4 is 10.6 Å². The van der Waals surface area contributed by atoms with Gasteiger partial charge < -0.3 is 10.6 Å². The third-order valence-corrected chi connectivity index (χ3v) is 3.17. The predicted molar refractivity (Wildman–Crippen MR) is 69.8 cm³/mol. The SMILES string of the molecule is CC(C)(C#N)CN1C(=O)Cc2cc(CN)ccc21. The van der Waals surface area contributed by atoms with E-state index in [4.69, 9.17) is 11.0 Å². The lowest BCUT2D eigenvalue weighted by atomic mass is 9.95. The van der Waals surface area contributed by atoms with E-state index in [1.807, 2.05) is 32.0 Å². The monoisotopic (exact) mass is 243 g/mol. The van der Waals surface area contributed by atoms with Gasteiger partial charge in [-0.05, 0) is 31.0 Å². The molecule has 1 aliphatic heterocycles. The molecule has 1 heterocycles. The highest BCUT2D eigenvalue weighted by atomic mass is 16.2. The molecular weight excluding hydrogens is 226 g/mol. The summed E-state index contributed by atoms with van der Waals surface area (Å²) in [4.78, 5) is 13.7. The highest BCUT2D eigenvalue weighted by molar-refractivity contribution is 6.01. The molecule has 0 aliphatic carbocycles. The van der Waals surface area contributed by atoms with Crippen LogP contribution in [0.1, 0.15) is 25.0 Å². The van der Waals surface area contributed by atoms with Gasteiger partial charge in [-0.2, -0.15) is 5.26 Å². The smallest absolute Gasteiger partial charge is 0.231 e. The molecule has 0 aromatic heterocycles. The number of benzene rings is 1. The largest absolute Gasteiger partial charge is 0.326 e. The number of fused-ring (bicyclic) bond motifs is 1. The number of nitrogens with two attached hydrogens (primary N) is 1. The Bertz CT molecular complexity index is 528. The summed E-state index contributed by atoms with van der Waals surface area (Å²) in [6, 6.07) is 8.07. The fraction of sp³-hybridized carbons (Fsp3) is 0.429. The van der Waals surface area contributed by atoms with Crippen LogP contribution in [-0.2, 0) is 17.8 Å². The Labute approximate surface area is 107 Å². The standard InChI is InChI=1S/C14H17N3O/c1-14(2,8-16)9-17-12-4-3-10(7-15)5-11(12)6-13(17)18/h3-5H,6-7,9,15H2,1-2H3. The quantitative estimate of drug-likeness (QED) is 0.876. The summed E-state index contributed by atoms with van der Waals surface area (Å²) in [5, 5.41) is 9.07. The predicted octanol–water partition coefficient (Wildman–Crippen LogP) is 1.58.